The summed E-state index contributed by atoms with van der Waals surface area (Å²) in [6.07, 6.45) is 0.613. The number of carboxylic acids is 5. The van der Waals surface area contributed by atoms with Crippen molar-refractivity contribution in [3.63, 3.8) is 0 Å². The molecule has 0 saturated carbocycles. The summed E-state index contributed by atoms with van der Waals surface area (Å²) in [5, 5.41) is 72.2. The number of anilines is 1. The summed E-state index contributed by atoms with van der Waals surface area (Å²) in [4.78, 5) is 61.1. The zero-order valence-electron chi connectivity index (χ0n) is 25.8. The predicted molar refractivity (Wildman–Crippen MR) is 174 cm³/mol. The average molecular weight is 694 g/mol. The Kier molecular flexibility index (Phi) is 16.0. The van der Waals surface area contributed by atoms with E-state index in [0.717, 1.165) is 10.5 Å². The van der Waals surface area contributed by atoms with E-state index in [2.05, 4.69) is 10.6 Å². The van der Waals surface area contributed by atoms with Crippen LogP contribution in [0.5, 0.6) is 11.5 Å². The lowest BCUT2D eigenvalue weighted by Gasteiger charge is -2.34. The molecule has 262 valence electrons. The summed E-state index contributed by atoms with van der Waals surface area (Å²) >= 11 is 5.33. The van der Waals surface area contributed by atoms with E-state index in [9.17, 15) is 49.5 Å². The monoisotopic (exact) mass is 693 g/mol. The van der Waals surface area contributed by atoms with Crippen molar-refractivity contribution in [3.8, 4) is 11.5 Å². The second-order valence-electron chi connectivity index (χ2n) is 10.8. The largest absolute Gasteiger partial charge is 0.504 e. The van der Waals surface area contributed by atoms with Gasteiger partial charge in [0.1, 0.15) is 0 Å². The number of thiocarbonyl (C=S) groups is 1. The number of nitrogens with zero attached hydrogens (tertiary/aromatic N) is 3. The second-order valence-corrected chi connectivity index (χ2v) is 11.2. The highest BCUT2D eigenvalue weighted by molar-refractivity contribution is 7.80. The molecule has 0 amide bonds. The molecule has 17 nitrogen and oxygen atoms in total. The van der Waals surface area contributed by atoms with Gasteiger partial charge in [-0.1, -0.05) is 18.2 Å². The number of aromatic hydroxyl groups is 2. The van der Waals surface area contributed by atoms with Crippen molar-refractivity contribution >= 4 is 52.9 Å². The van der Waals surface area contributed by atoms with E-state index in [1.54, 1.807) is 30.3 Å². The maximum atomic E-state index is 11.7. The molecule has 0 aromatic heterocycles. The fraction of sp³-hybridized carbons (Fsp3) is 0.400. The second kappa shape index (κ2) is 19.6. The highest BCUT2D eigenvalue weighted by atomic mass is 32.1. The zero-order valence-corrected chi connectivity index (χ0v) is 26.6. The van der Waals surface area contributed by atoms with Crippen LogP contribution in [0.3, 0.4) is 0 Å². The van der Waals surface area contributed by atoms with Crippen LogP contribution >= 0.6 is 12.2 Å². The van der Waals surface area contributed by atoms with Crippen LogP contribution in [0.2, 0.25) is 0 Å². The number of aliphatic carboxylic acids is 5. The molecule has 0 saturated heterocycles. The van der Waals surface area contributed by atoms with Crippen molar-refractivity contribution in [2.24, 2.45) is 0 Å². The molecule has 18 heteroatoms. The number of phenolic OH excluding ortho intramolecular Hbond substituents is 2. The molecule has 0 fully saturated rings. The lowest BCUT2D eigenvalue weighted by Crippen LogP contribution is -2.51. The lowest BCUT2D eigenvalue weighted by molar-refractivity contribution is -0.144. The molecule has 2 rings (SSSR count). The Morgan fingerprint density at radius 2 is 1.17 bits per heavy atom. The SMILES string of the molecule is O=C(O)CN(CCN(CC(=O)O)CC(Cc1ccc(NC(=S)NCCc2ccc(O)c(O)c2)cc1)N(CC(=O)O)CC(=O)O)CC(=O)O. The number of hydrogen-bond donors (Lipinski definition) is 9. The van der Waals surface area contributed by atoms with Crippen molar-refractivity contribution in [1.82, 2.24) is 20.0 Å². The minimum absolute atomic E-state index is 0.0987. The quantitative estimate of drug-likeness (QED) is 0.0574. The molecule has 2 aromatic carbocycles. The van der Waals surface area contributed by atoms with Gasteiger partial charge in [0.2, 0.25) is 0 Å². The van der Waals surface area contributed by atoms with Gasteiger partial charge in [-0.15, -0.1) is 0 Å². The first-order valence-corrected chi connectivity index (χ1v) is 14.9. The summed E-state index contributed by atoms with van der Waals surface area (Å²) in [6, 6.07) is 10.5. The van der Waals surface area contributed by atoms with Gasteiger partial charge < -0.3 is 46.4 Å². The van der Waals surface area contributed by atoms with Crippen LogP contribution in [-0.4, -0.2) is 150 Å². The van der Waals surface area contributed by atoms with Crippen LogP contribution < -0.4 is 10.6 Å². The maximum Gasteiger partial charge on any atom is 0.317 e. The standard InChI is InChI=1S/C30H39N5O12S/c36-23-6-3-20(12-24(23)37)7-8-31-30(48)32-21-4-1-19(2-5-21)11-22(35(17-28(44)45)18-29(46)47)13-33(14-25(38)39)9-10-34(15-26(40)41)16-27(42)43/h1-6,12,22,36-37H,7-11,13-18H2,(H,38,39)(H,40,41)(H,42,43)(H,44,45)(H,46,47)(H2,31,32,48). The van der Waals surface area contributed by atoms with E-state index < -0.39 is 68.6 Å². The van der Waals surface area contributed by atoms with Gasteiger partial charge in [-0.05, 0) is 60.5 Å². The Bertz CT molecular complexity index is 1410. The van der Waals surface area contributed by atoms with Gasteiger partial charge in [0.15, 0.2) is 16.6 Å². The molecule has 0 radical (unpaired) electrons. The van der Waals surface area contributed by atoms with Gasteiger partial charge in [-0.3, -0.25) is 38.7 Å². The third kappa shape index (κ3) is 15.5. The Morgan fingerprint density at radius 3 is 1.69 bits per heavy atom. The van der Waals surface area contributed by atoms with Gasteiger partial charge >= 0.3 is 29.8 Å². The lowest BCUT2D eigenvalue weighted by atomic mass is 10.0. The summed E-state index contributed by atoms with van der Waals surface area (Å²) in [5.74, 6) is -6.86. The number of phenols is 2. The van der Waals surface area contributed by atoms with Gasteiger partial charge in [0.05, 0.1) is 32.7 Å². The van der Waals surface area contributed by atoms with Gasteiger partial charge in [-0.25, -0.2) is 0 Å². The third-order valence-corrected chi connectivity index (χ3v) is 7.14. The molecule has 0 spiro atoms. The minimum Gasteiger partial charge on any atom is -0.504 e. The molecule has 2 aromatic rings. The number of carboxylic acid groups (broad SMARTS) is 5. The predicted octanol–water partition coefficient (Wildman–Crippen LogP) is -0.133. The van der Waals surface area contributed by atoms with E-state index in [-0.39, 0.29) is 37.6 Å². The Labute approximate surface area is 280 Å². The normalized spacial score (nSPS) is 11.7. The molecule has 0 aliphatic carbocycles. The Morgan fingerprint density at radius 1 is 0.667 bits per heavy atom. The van der Waals surface area contributed by atoms with Crippen molar-refractivity contribution in [2.45, 2.75) is 18.9 Å². The molecule has 9 N–H and O–H groups in total. The Balaban J connectivity index is 2.17. The van der Waals surface area contributed by atoms with Crippen molar-refractivity contribution in [2.75, 3.05) is 64.2 Å². The molecule has 0 aliphatic rings. The first kappa shape index (κ1) is 39.1. The molecule has 0 aliphatic heterocycles. The van der Waals surface area contributed by atoms with E-state index in [1.807, 2.05) is 0 Å². The van der Waals surface area contributed by atoms with E-state index in [0.29, 0.717) is 29.3 Å². The van der Waals surface area contributed by atoms with E-state index >= 15 is 0 Å². The molecular weight excluding hydrogens is 654 g/mol. The van der Waals surface area contributed by atoms with Crippen LogP contribution in [0.15, 0.2) is 42.5 Å². The van der Waals surface area contributed by atoms with Crippen molar-refractivity contribution in [3.05, 3.63) is 53.6 Å². The van der Waals surface area contributed by atoms with Crippen LogP contribution in [0.25, 0.3) is 0 Å². The van der Waals surface area contributed by atoms with Crippen LogP contribution in [0.4, 0.5) is 5.69 Å². The van der Waals surface area contributed by atoms with Crippen molar-refractivity contribution < 1.29 is 59.7 Å². The van der Waals surface area contributed by atoms with Gasteiger partial charge in [0, 0.05) is 37.9 Å². The molecule has 48 heavy (non-hydrogen) atoms. The molecular formula is C30H39N5O12S. The summed E-state index contributed by atoms with van der Waals surface area (Å²) in [5.41, 5.74) is 2.04. The van der Waals surface area contributed by atoms with Gasteiger partial charge in [-0.2, -0.15) is 0 Å². The topological polar surface area (TPSA) is 261 Å². The fourth-order valence-electron chi connectivity index (χ4n) is 4.79. The van der Waals surface area contributed by atoms with Gasteiger partial charge in [0.25, 0.3) is 0 Å². The number of nitrogens with one attached hydrogen (secondary N) is 2. The Hall–Kier alpha value is -5.04. The van der Waals surface area contributed by atoms with E-state index in [1.165, 1.54) is 21.9 Å². The molecule has 0 bridgehead atoms. The summed E-state index contributed by atoms with van der Waals surface area (Å²) in [7, 11) is 0. The molecule has 0 heterocycles. The average Bonchev–Trinajstić information content (AvgIpc) is 2.96. The minimum atomic E-state index is -1.30. The highest BCUT2D eigenvalue weighted by Crippen LogP contribution is 2.25. The fourth-order valence-corrected chi connectivity index (χ4v) is 5.01. The first-order chi connectivity index (χ1) is 22.6. The summed E-state index contributed by atoms with van der Waals surface area (Å²) in [6.45, 7) is -3.03. The van der Waals surface area contributed by atoms with Crippen LogP contribution in [-0.2, 0) is 36.8 Å². The zero-order chi connectivity index (χ0) is 35.8. The number of carbonyl (C=O) groups is 5. The van der Waals surface area contributed by atoms with Crippen LogP contribution in [0.1, 0.15) is 11.1 Å². The number of benzene rings is 2. The number of rotatable bonds is 22. The first-order valence-electron chi connectivity index (χ1n) is 14.5. The van der Waals surface area contributed by atoms with E-state index in [4.69, 9.17) is 22.4 Å². The van der Waals surface area contributed by atoms with Crippen molar-refractivity contribution in [1.29, 1.82) is 0 Å². The smallest absolute Gasteiger partial charge is 0.317 e. The molecule has 1 atom stereocenters. The number of hydrogen-bond acceptors (Lipinski definition) is 11. The van der Waals surface area contributed by atoms with Crippen LogP contribution in [0, 0.1) is 0 Å². The maximum absolute atomic E-state index is 11.7. The summed E-state index contributed by atoms with van der Waals surface area (Å²) < 4.78 is 0. The third-order valence-electron chi connectivity index (χ3n) is 6.89. The molecule has 1 unspecified atom stereocenters. The highest BCUT2D eigenvalue weighted by Gasteiger charge is 2.27.